The van der Waals surface area contributed by atoms with Crippen molar-refractivity contribution < 1.29 is 17.6 Å². The predicted molar refractivity (Wildman–Crippen MR) is 340 cm³/mol. The molecular formula is C77H47F2N3O2. The smallest absolute Gasteiger partial charge is 0.171 e. The molecule has 396 valence electrons. The topological polar surface area (TPSA) is 37.7 Å². The molecule has 0 amide bonds. The zero-order valence-corrected chi connectivity index (χ0v) is 45.6. The minimum absolute atomic E-state index is 0.227. The Bertz CT molecular complexity index is 5260. The van der Waals surface area contributed by atoms with Crippen LogP contribution in [0.3, 0.4) is 0 Å². The van der Waals surface area contributed by atoms with Crippen LogP contribution in [0.25, 0.3) is 104 Å². The Labute approximate surface area is 480 Å². The van der Waals surface area contributed by atoms with E-state index in [9.17, 15) is 0 Å². The summed E-state index contributed by atoms with van der Waals surface area (Å²) in [6.07, 6.45) is 0. The first-order valence-corrected chi connectivity index (χ1v) is 28.5. The minimum Gasteiger partial charge on any atom is -0.451 e. The molecule has 16 aromatic rings. The zero-order chi connectivity index (χ0) is 55.7. The van der Waals surface area contributed by atoms with E-state index in [1.54, 1.807) is 12.1 Å². The molecule has 2 aliphatic rings. The van der Waals surface area contributed by atoms with Crippen LogP contribution in [0.2, 0.25) is 0 Å². The summed E-state index contributed by atoms with van der Waals surface area (Å²) in [5, 5.41) is 9.69. The number of benzene rings is 13. The fraction of sp³-hybridized carbons (Fsp3) is 0.0390. The first-order valence-electron chi connectivity index (χ1n) is 28.5. The van der Waals surface area contributed by atoms with Crippen LogP contribution < -0.4 is 9.80 Å². The second-order valence-electron chi connectivity index (χ2n) is 22.6. The van der Waals surface area contributed by atoms with Crippen LogP contribution in [-0.4, -0.2) is 4.57 Å². The fourth-order valence-electron chi connectivity index (χ4n) is 14.7. The van der Waals surface area contributed by atoms with Gasteiger partial charge in [0.05, 0.1) is 44.9 Å². The molecule has 0 atom stereocenters. The van der Waals surface area contributed by atoms with E-state index < -0.39 is 17.0 Å². The summed E-state index contributed by atoms with van der Waals surface area (Å²) in [7, 11) is 0. The number of anilines is 6. The highest BCUT2D eigenvalue weighted by atomic mass is 19.1. The van der Waals surface area contributed by atoms with Crippen molar-refractivity contribution in [2.45, 2.75) is 19.3 Å². The number of hydrogen-bond donors (Lipinski definition) is 0. The van der Waals surface area contributed by atoms with Crippen LogP contribution in [-0.2, 0) is 5.41 Å². The third-order valence-electron chi connectivity index (χ3n) is 18.2. The second-order valence-corrected chi connectivity index (χ2v) is 22.6. The molecule has 13 aromatic carbocycles. The van der Waals surface area contributed by atoms with Gasteiger partial charge in [-0.15, -0.1) is 0 Å². The predicted octanol–water partition coefficient (Wildman–Crippen LogP) is 21.4. The van der Waals surface area contributed by atoms with E-state index in [0.717, 1.165) is 138 Å². The maximum atomic E-state index is 15.9. The first kappa shape index (κ1) is 46.9. The van der Waals surface area contributed by atoms with Crippen LogP contribution in [0.15, 0.2) is 258 Å². The Morgan fingerprint density at radius 2 is 0.738 bits per heavy atom. The molecule has 84 heavy (non-hydrogen) atoms. The maximum absolute atomic E-state index is 15.9. The summed E-state index contributed by atoms with van der Waals surface area (Å²) in [6.45, 7) is 4.22. The largest absolute Gasteiger partial charge is 0.451 e. The van der Waals surface area contributed by atoms with Gasteiger partial charge >= 0.3 is 0 Å². The molecular weight excluding hydrogens is 1040 g/mol. The first-order chi connectivity index (χ1) is 41.3. The molecule has 7 heteroatoms. The average molecular weight is 1080 g/mol. The normalized spacial score (nSPS) is 13.1. The Morgan fingerprint density at radius 3 is 1.27 bits per heavy atom. The van der Waals surface area contributed by atoms with Crippen LogP contribution in [0.1, 0.15) is 33.4 Å². The van der Waals surface area contributed by atoms with Crippen molar-refractivity contribution in [3.05, 3.63) is 294 Å². The van der Waals surface area contributed by atoms with Gasteiger partial charge in [-0.05, 0) is 131 Å². The van der Waals surface area contributed by atoms with E-state index in [-0.39, 0.29) is 11.2 Å². The van der Waals surface area contributed by atoms with E-state index in [1.807, 2.05) is 24.3 Å². The Balaban J connectivity index is 1.03. The molecule has 0 saturated heterocycles. The number of hydrogen-bond acceptors (Lipinski definition) is 4. The van der Waals surface area contributed by atoms with Crippen molar-refractivity contribution in [1.29, 1.82) is 0 Å². The number of aryl methyl sites for hydroxylation is 2. The van der Waals surface area contributed by atoms with E-state index >= 15 is 8.78 Å². The van der Waals surface area contributed by atoms with E-state index in [1.165, 1.54) is 22.9 Å². The van der Waals surface area contributed by atoms with Crippen LogP contribution in [0.4, 0.5) is 42.9 Å². The number of furan rings is 2. The molecule has 0 saturated carbocycles. The number of halogens is 2. The number of rotatable bonds is 6. The molecule has 0 N–H and O–H groups in total. The van der Waals surface area contributed by atoms with Gasteiger partial charge in [-0.3, -0.25) is 0 Å². The molecule has 18 rings (SSSR count). The molecule has 4 heterocycles. The average Bonchev–Trinajstić information content (AvgIpc) is 1.51. The lowest BCUT2D eigenvalue weighted by Gasteiger charge is -2.40. The fourth-order valence-corrected chi connectivity index (χ4v) is 14.7. The number of fused-ring (bicyclic) bond motifs is 22. The zero-order valence-electron chi connectivity index (χ0n) is 45.6. The van der Waals surface area contributed by atoms with Crippen molar-refractivity contribution in [2.75, 3.05) is 9.80 Å². The number of aromatic nitrogens is 1. The highest BCUT2D eigenvalue weighted by Crippen LogP contribution is 2.66. The maximum Gasteiger partial charge on any atom is 0.171 e. The van der Waals surface area contributed by atoms with Gasteiger partial charge in [-0.2, -0.15) is 0 Å². The van der Waals surface area contributed by atoms with Crippen LogP contribution in [0.5, 0.6) is 0 Å². The van der Waals surface area contributed by atoms with Gasteiger partial charge in [0.25, 0.3) is 0 Å². The summed E-state index contributed by atoms with van der Waals surface area (Å²) in [6, 6.07) is 87.2. The van der Waals surface area contributed by atoms with Gasteiger partial charge in [0.15, 0.2) is 34.0 Å². The van der Waals surface area contributed by atoms with Gasteiger partial charge in [-0.25, -0.2) is 8.78 Å². The molecule has 5 nitrogen and oxygen atoms in total. The summed E-state index contributed by atoms with van der Waals surface area (Å²) in [4.78, 5) is 4.65. The van der Waals surface area contributed by atoms with Crippen LogP contribution >= 0.6 is 0 Å². The SMILES string of the molecule is Cc1ccc(N(c2cc3c(c4ccccc24)-c2c(cc(N(c4ccc(C)cc4)c4cccc5c4oc4c(F)cccc45)c4ccccc24)C32c3ccccc3-n3c4ccccc4c4cccc2c43)c2cccc3c2oc2c(F)cccc23)cc1. The van der Waals surface area contributed by atoms with E-state index in [0.29, 0.717) is 11.2 Å². The minimum atomic E-state index is -0.969. The van der Waals surface area contributed by atoms with Crippen molar-refractivity contribution >= 4 is 121 Å². The molecule has 0 radical (unpaired) electrons. The highest BCUT2D eigenvalue weighted by Gasteiger charge is 2.53. The summed E-state index contributed by atoms with van der Waals surface area (Å²) in [5.74, 6) is -0.810. The summed E-state index contributed by atoms with van der Waals surface area (Å²) < 4.78 is 47.8. The molecule has 1 aliphatic carbocycles. The Kier molecular flexibility index (Phi) is 9.58. The van der Waals surface area contributed by atoms with Gasteiger partial charge in [-0.1, -0.05) is 187 Å². The highest BCUT2D eigenvalue weighted by molar-refractivity contribution is 6.22. The lowest BCUT2D eigenvalue weighted by atomic mass is 9.65. The molecule has 1 aliphatic heterocycles. The third kappa shape index (κ3) is 6.14. The quantitative estimate of drug-likeness (QED) is 0.166. The van der Waals surface area contributed by atoms with E-state index in [4.69, 9.17) is 8.83 Å². The van der Waals surface area contributed by atoms with Crippen molar-refractivity contribution in [3.63, 3.8) is 0 Å². The summed E-state index contributed by atoms with van der Waals surface area (Å²) in [5.41, 5.74) is 18.5. The van der Waals surface area contributed by atoms with Crippen molar-refractivity contribution in [3.8, 4) is 16.8 Å². The van der Waals surface area contributed by atoms with Gasteiger partial charge in [0, 0.05) is 54.5 Å². The molecule has 0 fully saturated rings. The standard InChI is InChI=1S/C77H47F2N3O2/c1-44-34-38-46(39-35-44)80(66-32-14-24-56-54-22-12-28-62(78)73(54)83-75(56)66)68-42-60-70(51-19-5-3-16-48(51)68)71-52-20-6-4-17-49(52)69(81(47-40-36-45(2)37-41-47)67-33-15-25-57-55-23-13-29-63(79)74(55)84-76(57)67)43-61(71)77(60)58-26-8-10-31-65(58)82-64-30-9-7-18-50(64)53-21-11-27-59(77)72(53)82/h3-43H,1-2H3. The Morgan fingerprint density at radius 1 is 0.333 bits per heavy atom. The van der Waals surface area contributed by atoms with E-state index in [2.05, 4.69) is 228 Å². The van der Waals surface area contributed by atoms with Gasteiger partial charge in [0.2, 0.25) is 0 Å². The third-order valence-corrected chi connectivity index (χ3v) is 18.2. The summed E-state index contributed by atoms with van der Waals surface area (Å²) >= 11 is 0. The van der Waals surface area contributed by atoms with Gasteiger partial charge < -0.3 is 23.2 Å². The molecule has 0 bridgehead atoms. The van der Waals surface area contributed by atoms with Crippen molar-refractivity contribution in [1.82, 2.24) is 4.57 Å². The lowest BCUT2D eigenvalue weighted by Crippen LogP contribution is -2.34. The number of para-hydroxylation sites is 7. The lowest BCUT2D eigenvalue weighted by molar-refractivity contribution is 0.584. The molecule has 0 unspecified atom stereocenters. The van der Waals surface area contributed by atoms with Gasteiger partial charge in [0.1, 0.15) is 0 Å². The number of nitrogens with zero attached hydrogens (tertiary/aromatic N) is 3. The monoisotopic (exact) mass is 1080 g/mol. The molecule has 1 spiro atoms. The van der Waals surface area contributed by atoms with Crippen LogP contribution in [0, 0.1) is 25.5 Å². The second kappa shape index (κ2) is 17.1. The Hall–Kier alpha value is -10.8. The molecule has 3 aromatic heterocycles. The van der Waals surface area contributed by atoms with Crippen molar-refractivity contribution in [2.24, 2.45) is 0 Å².